The summed E-state index contributed by atoms with van der Waals surface area (Å²) in [6.45, 7) is 2.25. The second-order valence-corrected chi connectivity index (χ2v) is 5.58. The molecular formula is C13H19N3O4. The van der Waals surface area contributed by atoms with E-state index in [0.717, 1.165) is 19.0 Å². The van der Waals surface area contributed by atoms with Crippen molar-refractivity contribution in [1.82, 2.24) is 15.3 Å². The molecule has 1 aliphatic rings. The molecule has 7 heteroatoms. The Labute approximate surface area is 115 Å². The van der Waals surface area contributed by atoms with Crippen LogP contribution in [-0.2, 0) is 0 Å². The molecule has 1 amide bonds. The average molecular weight is 281 g/mol. The minimum absolute atomic E-state index is 0.108. The van der Waals surface area contributed by atoms with E-state index < -0.39 is 22.8 Å². The largest absolute Gasteiger partial charge is 0.388 e. The number of hydrogen-bond donors (Lipinski definition) is 4. The Bertz CT molecular complexity index is 596. The van der Waals surface area contributed by atoms with E-state index in [1.165, 1.54) is 0 Å². The van der Waals surface area contributed by atoms with Crippen LogP contribution in [0.4, 0.5) is 0 Å². The number of nitrogens with one attached hydrogen (secondary N) is 3. The molecule has 110 valence electrons. The molecule has 7 nitrogen and oxygen atoms in total. The number of carbonyl (C=O) groups excluding carboxylic acids is 1. The van der Waals surface area contributed by atoms with Gasteiger partial charge in [0.05, 0.1) is 5.60 Å². The van der Waals surface area contributed by atoms with E-state index in [1.54, 1.807) is 0 Å². The van der Waals surface area contributed by atoms with Crippen LogP contribution < -0.4 is 16.6 Å². The predicted octanol–water partition coefficient (Wildman–Crippen LogP) is -0.266. The Morgan fingerprint density at radius 2 is 2.10 bits per heavy atom. The van der Waals surface area contributed by atoms with Gasteiger partial charge in [0.25, 0.3) is 11.5 Å². The second-order valence-electron chi connectivity index (χ2n) is 5.58. The van der Waals surface area contributed by atoms with Crippen LogP contribution >= 0.6 is 0 Å². The summed E-state index contributed by atoms with van der Waals surface area (Å²) in [5.74, 6) is -0.0115. The molecule has 1 aliphatic carbocycles. The first-order valence-corrected chi connectivity index (χ1v) is 6.72. The summed E-state index contributed by atoms with van der Waals surface area (Å²) in [7, 11) is 0. The van der Waals surface area contributed by atoms with Crippen LogP contribution in [0.15, 0.2) is 15.8 Å². The van der Waals surface area contributed by atoms with Crippen molar-refractivity contribution in [2.45, 2.75) is 38.2 Å². The molecule has 2 rings (SSSR count). The minimum Gasteiger partial charge on any atom is -0.388 e. The summed E-state index contributed by atoms with van der Waals surface area (Å²) >= 11 is 0. The smallest absolute Gasteiger partial charge is 0.325 e. The molecule has 1 fully saturated rings. The molecule has 1 aromatic heterocycles. The standard InChI is InChI=1S/C13H19N3O4/c1-8-2-4-13(20,5-3-8)7-15-10(17)9-6-14-12(19)16-11(9)18/h6,8,20H,2-5,7H2,1H3,(H,15,17)(H2,14,16,18,19). The van der Waals surface area contributed by atoms with Crippen molar-refractivity contribution in [3.8, 4) is 0 Å². The highest BCUT2D eigenvalue weighted by Crippen LogP contribution is 2.31. The molecule has 0 radical (unpaired) electrons. The van der Waals surface area contributed by atoms with E-state index in [4.69, 9.17) is 0 Å². The summed E-state index contributed by atoms with van der Waals surface area (Å²) < 4.78 is 0. The highest BCUT2D eigenvalue weighted by Gasteiger charge is 2.32. The zero-order valence-corrected chi connectivity index (χ0v) is 11.4. The number of H-pyrrole nitrogens is 2. The third-order valence-corrected chi connectivity index (χ3v) is 3.85. The minimum atomic E-state index is -0.906. The predicted molar refractivity (Wildman–Crippen MR) is 72.6 cm³/mol. The number of amides is 1. The molecule has 0 atom stereocenters. The normalized spacial score (nSPS) is 26.2. The molecule has 0 aliphatic heterocycles. The lowest BCUT2D eigenvalue weighted by atomic mass is 9.79. The molecule has 1 saturated carbocycles. The lowest BCUT2D eigenvalue weighted by Crippen LogP contribution is -2.46. The number of aromatic nitrogens is 2. The quantitative estimate of drug-likeness (QED) is 0.610. The Morgan fingerprint density at radius 1 is 1.45 bits per heavy atom. The zero-order valence-electron chi connectivity index (χ0n) is 11.4. The van der Waals surface area contributed by atoms with Gasteiger partial charge in [0.15, 0.2) is 0 Å². The molecule has 4 N–H and O–H groups in total. The first-order chi connectivity index (χ1) is 9.39. The number of carbonyl (C=O) groups is 1. The van der Waals surface area contributed by atoms with Crippen molar-refractivity contribution >= 4 is 5.91 Å². The van der Waals surface area contributed by atoms with Gasteiger partial charge < -0.3 is 15.4 Å². The van der Waals surface area contributed by atoms with Crippen molar-refractivity contribution in [3.63, 3.8) is 0 Å². The highest BCUT2D eigenvalue weighted by atomic mass is 16.3. The fraction of sp³-hybridized carbons (Fsp3) is 0.615. The third-order valence-electron chi connectivity index (χ3n) is 3.85. The summed E-state index contributed by atoms with van der Waals surface area (Å²) in [5.41, 5.74) is -2.48. The van der Waals surface area contributed by atoms with E-state index in [9.17, 15) is 19.5 Å². The van der Waals surface area contributed by atoms with Crippen LogP contribution in [-0.4, -0.2) is 33.1 Å². The zero-order chi connectivity index (χ0) is 14.8. The van der Waals surface area contributed by atoms with Gasteiger partial charge in [-0.25, -0.2) is 4.79 Å². The third kappa shape index (κ3) is 3.36. The van der Waals surface area contributed by atoms with Gasteiger partial charge >= 0.3 is 5.69 Å². The molecule has 1 heterocycles. The Hall–Kier alpha value is -1.89. The number of aromatic amines is 2. The second kappa shape index (κ2) is 5.62. The lowest BCUT2D eigenvalue weighted by molar-refractivity contribution is -0.00541. The van der Waals surface area contributed by atoms with Gasteiger partial charge in [-0.15, -0.1) is 0 Å². The summed E-state index contributed by atoms with van der Waals surface area (Å²) in [6.07, 6.45) is 4.19. The summed E-state index contributed by atoms with van der Waals surface area (Å²) in [5, 5.41) is 12.9. The maximum Gasteiger partial charge on any atom is 0.325 e. The van der Waals surface area contributed by atoms with Gasteiger partial charge in [0.2, 0.25) is 0 Å². The summed E-state index contributed by atoms with van der Waals surface area (Å²) in [4.78, 5) is 38.4. The average Bonchev–Trinajstić information content (AvgIpc) is 2.40. The van der Waals surface area contributed by atoms with E-state index in [2.05, 4.69) is 17.2 Å². The van der Waals surface area contributed by atoms with Gasteiger partial charge in [-0.3, -0.25) is 14.6 Å². The van der Waals surface area contributed by atoms with E-state index >= 15 is 0 Å². The Kier molecular flexibility index (Phi) is 4.08. The van der Waals surface area contributed by atoms with Gasteiger partial charge in [-0.05, 0) is 31.6 Å². The summed E-state index contributed by atoms with van der Waals surface area (Å²) in [6, 6.07) is 0. The molecule has 20 heavy (non-hydrogen) atoms. The molecule has 0 spiro atoms. The number of rotatable bonds is 3. The SMILES string of the molecule is CC1CCC(O)(CNC(=O)c2c[nH]c(=O)[nH]c2=O)CC1. The first kappa shape index (κ1) is 14.5. The van der Waals surface area contributed by atoms with E-state index in [1.807, 2.05) is 4.98 Å². The molecule has 0 unspecified atom stereocenters. The van der Waals surface area contributed by atoms with Gasteiger partial charge in [0.1, 0.15) is 5.56 Å². The monoisotopic (exact) mass is 281 g/mol. The number of hydrogen-bond acceptors (Lipinski definition) is 4. The van der Waals surface area contributed by atoms with Gasteiger partial charge in [0, 0.05) is 12.7 Å². The Morgan fingerprint density at radius 3 is 2.70 bits per heavy atom. The van der Waals surface area contributed by atoms with Crippen molar-refractivity contribution in [3.05, 3.63) is 32.6 Å². The fourth-order valence-electron chi connectivity index (χ4n) is 2.39. The maximum absolute atomic E-state index is 11.9. The van der Waals surface area contributed by atoms with E-state index in [-0.39, 0.29) is 12.1 Å². The van der Waals surface area contributed by atoms with Crippen LogP contribution in [0.5, 0.6) is 0 Å². The Balaban J connectivity index is 1.98. The topological polar surface area (TPSA) is 115 Å². The fourth-order valence-corrected chi connectivity index (χ4v) is 2.39. The van der Waals surface area contributed by atoms with Crippen LogP contribution in [0.25, 0.3) is 0 Å². The maximum atomic E-state index is 11.9. The van der Waals surface area contributed by atoms with E-state index in [0.29, 0.717) is 18.8 Å². The molecule has 0 aromatic carbocycles. The van der Waals surface area contributed by atoms with Gasteiger partial charge in [-0.2, -0.15) is 0 Å². The highest BCUT2D eigenvalue weighted by molar-refractivity contribution is 5.93. The van der Waals surface area contributed by atoms with Crippen LogP contribution in [0.3, 0.4) is 0 Å². The van der Waals surface area contributed by atoms with Crippen LogP contribution in [0.2, 0.25) is 0 Å². The lowest BCUT2D eigenvalue weighted by Gasteiger charge is -2.34. The van der Waals surface area contributed by atoms with Crippen LogP contribution in [0, 0.1) is 5.92 Å². The van der Waals surface area contributed by atoms with Crippen molar-refractivity contribution < 1.29 is 9.90 Å². The molecule has 0 saturated heterocycles. The van der Waals surface area contributed by atoms with Crippen molar-refractivity contribution in [1.29, 1.82) is 0 Å². The number of aliphatic hydroxyl groups is 1. The molecule has 1 aromatic rings. The van der Waals surface area contributed by atoms with Gasteiger partial charge in [-0.1, -0.05) is 6.92 Å². The molecular weight excluding hydrogens is 262 g/mol. The first-order valence-electron chi connectivity index (χ1n) is 6.72. The molecule has 0 bridgehead atoms. The van der Waals surface area contributed by atoms with Crippen molar-refractivity contribution in [2.75, 3.05) is 6.54 Å². The van der Waals surface area contributed by atoms with Crippen molar-refractivity contribution in [2.24, 2.45) is 5.92 Å². The van der Waals surface area contributed by atoms with Crippen LogP contribution in [0.1, 0.15) is 43.0 Å².